The maximum atomic E-state index is 8.79. The first-order valence-corrected chi connectivity index (χ1v) is 4.61. The molecule has 2 saturated carbocycles. The van der Waals surface area contributed by atoms with E-state index in [0.29, 0.717) is 30.1 Å². The summed E-state index contributed by atoms with van der Waals surface area (Å²) >= 11 is 0. The molecule has 0 aromatic heterocycles. The smallest absolute Gasteiger partial charge is 0.0658 e. The number of rotatable bonds is 1. The molecule has 0 N–H and O–H groups in total. The molecule has 62 valence electrons. The Hall–Kier alpha value is -1.02. The minimum absolute atomic E-state index is 0.310. The van der Waals surface area contributed by atoms with Gasteiger partial charge in [0.2, 0.25) is 0 Å². The first-order chi connectivity index (χ1) is 5.85. The molecule has 2 aliphatic rings. The van der Waals surface area contributed by atoms with Crippen molar-refractivity contribution < 1.29 is 0 Å². The molecule has 0 aliphatic heterocycles. The summed E-state index contributed by atoms with van der Waals surface area (Å²) in [5, 5.41) is 17.4. The zero-order chi connectivity index (χ0) is 8.55. The number of fused-ring (bicyclic) bond motifs is 2. The van der Waals surface area contributed by atoms with Crippen LogP contribution in [-0.2, 0) is 0 Å². The molecule has 0 heterocycles. The predicted octanol–water partition coefficient (Wildman–Crippen LogP) is 2.09. The van der Waals surface area contributed by atoms with E-state index in [9.17, 15) is 0 Å². The van der Waals surface area contributed by atoms with Gasteiger partial charge in [-0.3, -0.25) is 0 Å². The lowest BCUT2D eigenvalue weighted by Crippen LogP contribution is -2.16. The zero-order valence-corrected chi connectivity index (χ0v) is 7.03. The molecule has 4 atom stereocenters. The van der Waals surface area contributed by atoms with Gasteiger partial charge in [0, 0.05) is 12.3 Å². The predicted molar refractivity (Wildman–Crippen MR) is 43.7 cm³/mol. The van der Waals surface area contributed by atoms with E-state index in [1.807, 2.05) is 0 Å². The van der Waals surface area contributed by atoms with Crippen molar-refractivity contribution >= 4 is 0 Å². The van der Waals surface area contributed by atoms with Gasteiger partial charge in [0.15, 0.2) is 0 Å². The van der Waals surface area contributed by atoms with Crippen LogP contribution in [0.15, 0.2) is 0 Å². The van der Waals surface area contributed by atoms with E-state index in [4.69, 9.17) is 10.5 Å². The molecule has 0 aromatic carbocycles. The molecule has 2 fully saturated rings. The van der Waals surface area contributed by atoms with Crippen LogP contribution in [0.2, 0.25) is 0 Å². The van der Waals surface area contributed by atoms with Gasteiger partial charge in [-0.05, 0) is 37.0 Å². The maximum absolute atomic E-state index is 8.79. The second kappa shape index (κ2) is 2.79. The number of nitrogens with zero attached hydrogens (tertiary/aromatic N) is 2. The lowest BCUT2D eigenvalue weighted by atomic mass is 9.81. The van der Waals surface area contributed by atoms with E-state index < -0.39 is 0 Å². The van der Waals surface area contributed by atoms with Gasteiger partial charge in [0.25, 0.3) is 0 Å². The summed E-state index contributed by atoms with van der Waals surface area (Å²) in [4.78, 5) is 0. The van der Waals surface area contributed by atoms with Gasteiger partial charge in [-0.15, -0.1) is 0 Å². The molecule has 2 rings (SSSR count). The molecular weight excluding hydrogens is 148 g/mol. The second-order valence-corrected chi connectivity index (χ2v) is 4.09. The Bertz CT molecular complexity index is 258. The topological polar surface area (TPSA) is 47.6 Å². The van der Waals surface area contributed by atoms with Crippen LogP contribution in [0.1, 0.15) is 25.7 Å². The van der Waals surface area contributed by atoms with E-state index >= 15 is 0 Å². The Labute approximate surface area is 72.8 Å². The van der Waals surface area contributed by atoms with E-state index in [1.54, 1.807) is 0 Å². The standard InChI is InChI=1S/C10H12N2/c11-2-1-7-3-9-4-8(7)5-10(9)6-12/h7-10H,1,3-5H2. The quantitative estimate of drug-likeness (QED) is 0.589. The third-order valence-electron chi connectivity index (χ3n) is 3.52. The van der Waals surface area contributed by atoms with Crippen LogP contribution < -0.4 is 0 Å². The SMILES string of the molecule is N#CCC1CC2CC1CC2C#N. The van der Waals surface area contributed by atoms with Crippen LogP contribution in [0.3, 0.4) is 0 Å². The largest absolute Gasteiger partial charge is 0.198 e. The van der Waals surface area contributed by atoms with Crippen molar-refractivity contribution in [3.63, 3.8) is 0 Å². The maximum Gasteiger partial charge on any atom is 0.0658 e. The van der Waals surface area contributed by atoms with Crippen LogP contribution in [0.25, 0.3) is 0 Å². The van der Waals surface area contributed by atoms with Crippen molar-refractivity contribution in [3.05, 3.63) is 0 Å². The molecule has 12 heavy (non-hydrogen) atoms. The monoisotopic (exact) mass is 160 g/mol. The highest BCUT2D eigenvalue weighted by Crippen LogP contribution is 2.52. The molecular formula is C10H12N2. The van der Waals surface area contributed by atoms with Gasteiger partial charge in [0.05, 0.1) is 12.1 Å². The highest BCUT2D eigenvalue weighted by molar-refractivity contribution is 5.04. The van der Waals surface area contributed by atoms with Gasteiger partial charge in [0.1, 0.15) is 0 Å². The van der Waals surface area contributed by atoms with E-state index in [1.165, 1.54) is 6.42 Å². The van der Waals surface area contributed by atoms with Gasteiger partial charge in [-0.2, -0.15) is 10.5 Å². The summed E-state index contributed by atoms with van der Waals surface area (Å²) in [6.07, 6.45) is 4.12. The van der Waals surface area contributed by atoms with Gasteiger partial charge >= 0.3 is 0 Å². The summed E-state index contributed by atoms with van der Waals surface area (Å²) in [5.74, 6) is 2.24. The van der Waals surface area contributed by atoms with Crippen LogP contribution in [-0.4, -0.2) is 0 Å². The minimum Gasteiger partial charge on any atom is -0.198 e. The molecule has 0 aromatic rings. The van der Waals surface area contributed by atoms with Crippen molar-refractivity contribution in [2.75, 3.05) is 0 Å². The molecule has 2 heteroatoms. The Balaban J connectivity index is 2.00. The van der Waals surface area contributed by atoms with Crippen LogP contribution in [0, 0.1) is 46.3 Å². The van der Waals surface area contributed by atoms with E-state index in [0.717, 1.165) is 12.8 Å². The van der Waals surface area contributed by atoms with Gasteiger partial charge in [-0.25, -0.2) is 0 Å². The summed E-state index contributed by atoms with van der Waals surface area (Å²) in [6, 6.07) is 4.62. The average molecular weight is 160 g/mol. The van der Waals surface area contributed by atoms with E-state index in [2.05, 4.69) is 12.1 Å². The molecule has 2 bridgehead atoms. The highest BCUT2D eigenvalue weighted by atomic mass is 14.5. The van der Waals surface area contributed by atoms with Crippen LogP contribution in [0.4, 0.5) is 0 Å². The van der Waals surface area contributed by atoms with Crippen molar-refractivity contribution in [1.29, 1.82) is 10.5 Å². The Kier molecular flexibility index (Phi) is 1.77. The van der Waals surface area contributed by atoms with Crippen LogP contribution in [0.5, 0.6) is 0 Å². The Morgan fingerprint density at radius 2 is 1.92 bits per heavy atom. The highest BCUT2D eigenvalue weighted by Gasteiger charge is 2.45. The molecule has 2 nitrogen and oxygen atoms in total. The van der Waals surface area contributed by atoms with Gasteiger partial charge < -0.3 is 0 Å². The fourth-order valence-electron chi connectivity index (χ4n) is 2.92. The minimum atomic E-state index is 0.310. The number of hydrogen-bond acceptors (Lipinski definition) is 2. The van der Waals surface area contributed by atoms with E-state index in [-0.39, 0.29) is 0 Å². The Morgan fingerprint density at radius 3 is 2.42 bits per heavy atom. The fourth-order valence-corrected chi connectivity index (χ4v) is 2.92. The summed E-state index contributed by atoms with van der Waals surface area (Å²) in [6.45, 7) is 0. The number of hydrogen-bond donors (Lipinski definition) is 0. The van der Waals surface area contributed by atoms with Crippen molar-refractivity contribution in [3.8, 4) is 12.1 Å². The third-order valence-corrected chi connectivity index (χ3v) is 3.52. The number of nitriles is 2. The second-order valence-electron chi connectivity index (χ2n) is 4.09. The average Bonchev–Trinajstić information content (AvgIpc) is 2.62. The first kappa shape index (κ1) is 7.62. The zero-order valence-electron chi connectivity index (χ0n) is 7.03. The molecule has 0 amide bonds. The van der Waals surface area contributed by atoms with Crippen molar-refractivity contribution in [2.24, 2.45) is 23.7 Å². The Morgan fingerprint density at radius 1 is 1.08 bits per heavy atom. The molecule has 0 saturated heterocycles. The summed E-state index contributed by atoms with van der Waals surface area (Å²) < 4.78 is 0. The third kappa shape index (κ3) is 0.994. The van der Waals surface area contributed by atoms with Crippen LogP contribution >= 0.6 is 0 Å². The lowest BCUT2D eigenvalue weighted by Gasteiger charge is -2.21. The lowest BCUT2D eigenvalue weighted by molar-refractivity contribution is 0.299. The first-order valence-electron chi connectivity index (χ1n) is 4.61. The summed E-state index contributed by atoms with van der Waals surface area (Å²) in [5.41, 5.74) is 0. The molecule has 0 spiro atoms. The van der Waals surface area contributed by atoms with Gasteiger partial charge in [-0.1, -0.05) is 0 Å². The van der Waals surface area contributed by atoms with Crippen molar-refractivity contribution in [1.82, 2.24) is 0 Å². The molecule has 4 unspecified atom stereocenters. The molecule has 2 aliphatic carbocycles. The summed E-state index contributed by atoms with van der Waals surface area (Å²) in [7, 11) is 0. The molecule has 0 radical (unpaired) electrons. The van der Waals surface area contributed by atoms with Crippen molar-refractivity contribution in [2.45, 2.75) is 25.7 Å². The normalized spacial score (nSPS) is 43.8. The fraction of sp³-hybridized carbons (Fsp3) is 0.800.